The molecule has 0 aromatic carbocycles. The van der Waals surface area contributed by atoms with Gasteiger partial charge in [0.05, 0.1) is 12.2 Å². The van der Waals surface area contributed by atoms with E-state index >= 15 is 0 Å². The largest absolute Gasteiger partial charge is 0.325 e. The average molecular weight is 265 g/mol. The zero-order chi connectivity index (χ0) is 13.1. The van der Waals surface area contributed by atoms with Crippen LogP contribution in [-0.2, 0) is 16.6 Å². The first-order valence-electron chi connectivity index (χ1n) is 4.77. The van der Waals surface area contributed by atoms with Crippen LogP contribution in [0.5, 0.6) is 0 Å². The van der Waals surface area contributed by atoms with E-state index in [9.17, 15) is 17.2 Å². The van der Waals surface area contributed by atoms with Crippen LogP contribution in [0.1, 0.15) is 5.69 Å². The molecule has 5 nitrogen and oxygen atoms in total. The normalized spacial score (nSPS) is 12.4. The van der Waals surface area contributed by atoms with Crippen LogP contribution in [0.25, 0.3) is 0 Å². The van der Waals surface area contributed by atoms with Crippen molar-refractivity contribution in [1.29, 1.82) is 0 Å². The molecule has 0 unspecified atom stereocenters. The molecular formula is C9H13F2N3O2S. The fourth-order valence-corrected chi connectivity index (χ4v) is 2.25. The third-order valence-corrected chi connectivity index (χ3v) is 3.92. The van der Waals surface area contributed by atoms with Crippen LogP contribution < -0.4 is 5.73 Å². The minimum Gasteiger partial charge on any atom is -0.325 e. The van der Waals surface area contributed by atoms with Crippen LogP contribution in [0, 0.1) is 0 Å². The fourth-order valence-electron chi connectivity index (χ4n) is 1.16. The summed E-state index contributed by atoms with van der Waals surface area (Å²) < 4.78 is 48.4. The summed E-state index contributed by atoms with van der Waals surface area (Å²) >= 11 is 0. The van der Waals surface area contributed by atoms with Gasteiger partial charge in [0.2, 0.25) is 10.0 Å². The Labute approximate surface area is 98.3 Å². The second kappa shape index (κ2) is 5.48. The third kappa shape index (κ3) is 3.42. The summed E-state index contributed by atoms with van der Waals surface area (Å²) in [6.07, 6.45) is -1.61. The maximum Gasteiger partial charge on any atom is 0.252 e. The van der Waals surface area contributed by atoms with Crippen LogP contribution in [0.2, 0.25) is 0 Å². The Morgan fingerprint density at radius 3 is 2.53 bits per heavy atom. The van der Waals surface area contributed by atoms with Gasteiger partial charge in [-0.15, -0.1) is 0 Å². The van der Waals surface area contributed by atoms with E-state index in [4.69, 9.17) is 5.73 Å². The number of rotatable bonds is 5. The van der Waals surface area contributed by atoms with Crippen LogP contribution in [0.15, 0.2) is 23.2 Å². The lowest BCUT2D eigenvalue weighted by molar-refractivity contribution is 0.126. The summed E-state index contributed by atoms with van der Waals surface area (Å²) in [5.41, 5.74) is 5.84. The lowest BCUT2D eigenvalue weighted by atomic mass is 10.4. The van der Waals surface area contributed by atoms with Crippen molar-refractivity contribution in [3.05, 3.63) is 24.0 Å². The van der Waals surface area contributed by atoms with E-state index in [1.54, 1.807) is 0 Å². The molecule has 8 heteroatoms. The lowest BCUT2D eigenvalue weighted by Gasteiger charge is -2.16. The standard InChI is InChI=1S/C9H13F2N3O2S/c1-14(6-9(10)11)17(15,16)8-3-2-7(4-12)13-5-8/h2-3,5,9H,4,6,12H2,1H3. The number of pyridine rings is 1. The Bertz CT molecular complexity index is 462. The molecule has 1 heterocycles. The van der Waals surface area contributed by atoms with Crippen molar-refractivity contribution in [3.8, 4) is 0 Å². The molecule has 0 bridgehead atoms. The Morgan fingerprint density at radius 1 is 1.47 bits per heavy atom. The molecule has 0 aliphatic heterocycles. The highest BCUT2D eigenvalue weighted by atomic mass is 32.2. The van der Waals surface area contributed by atoms with Crippen LogP contribution >= 0.6 is 0 Å². The SMILES string of the molecule is CN(CC(F)F)S(=O)(=O)c1ccc(CN)nc1. The Kier molecular flexibility index (Phi) is 4.49. The minimum atomic E-state index is -3.91. The Balaban J connectivity index is 2.96. The topological polar surface area (TPSA) is 76.3 Å². The van der Waals surface area contributed by atoms with Gasteiger partial charge >= 0.3 is 0 Å². The van der Waals surface area contributed by atoms with E-state index in [-0.39, 0.29) is 11.4 Å². The van der Waals surface area contributed by atoms with Crippen molar-refractivity contribution in [2.45, 2.75) is 17.9 Å². The van der Waals surface area contributed by atoms with Crippen molar-refractivity contribution >= 4 is 10.0 Å². The van der Waals surface area contributed by atoms with Gasteiger partial charge in [0, 0.05) is 19.8 Å². The highest BCUT2D eigenvalue weighted by Crippen LogP contribution is 2.14. The monoisotopic (exact) mass is 265 g/mol. The molecule has 0 saturated carbocycles. The summed E-state index contributed by atoms with van der Waals surface area (Å²) in [4.78, 5) is 3.68. The molecule has 1 rings (SSSR count). The summed E-state index contributed by atoms with van der Waals surface area (Å²) in [7, 11) is -2.81. The van der Waals surface area contributed by atoms with Crippen molar-refractivity contribution in [3.63, 3.8) is 0 Å². The van der Waals surface area contributed by atoms with Gasteiger partial charge in [-0.05, 0) is 12.1 Å². The van der Waals surface area contributed by atoms with E-state index in [0.29, 0.717) is 10.00 Å². The molecule has 0 amide bonds. The molecule has 0 saturated heterocycles. The minimum absolute atomic E-state index is 0.127. The second-order valence-electron chi connectivity index (χ2n) is 3.37. The molecule has 2 N–H and O–H groups in total. The van der Waals surface area contributed by atoms with Gasteiger partial charge in [0.25, 0.3) is 6.43 Å². The number of nitrogens with zero attached hydrogens (tertiary/aromatic N) is 2. The molecular weight excluding hydrogens is 252 g/mol. The number of hydrogen-bond donors (Lipinski definition) is 1. The quantitative estimate of drug-likeness (QED) is 0.837. The van der Waals surface area contributed by atoms with E-state index in [2.05, 4.69) is 4.98 Å². The molecule has 1 aromatic heterocycles. The van der Waals surface area contributed by atoms with Gasteiger partial charge < -0.3 is 5.73 Å². The molecule has 0 atom stereocenters. The molecule has 0 radical (unpaired) electrons. The number of sulfonamides is 1. The predicted molar refractivity (Wildman–Crippen MR) is 57.9 cm³/mol. The maximum absolute atomic E-state index is 12.1. The highest BCUT2D eigenvalue weighted by molar-refractivity contribution is 7.89. The summed E-state index contributed by atoms with van der Waals surface area (Å²) in [6.45, 7) is -0.659. The molecule has 1 aromatic rings. The molecule has 0 aliphatic rings. The molecule has 0 fully saturated rings. The van der Waals surface area contributed by atoms with Gasteiger partial charge in [-0.3, -0.25) is 4.98 Å². The van der Waals surface area contributed by atoms with Gasteiger partial charge in [0.15, 0.2) is 0 Å². The zero-order valence-corrected chi connectivity index (χ0v) is 9.99. The second-order valence-corrected chi connectivity index (χ2v) is 5.41. The van der Waals surface area contributed by atoms with Gasteiger partial charge in [-0.25, -0.2) is 17.2 Å². The first-order chi connectivity index (χ1) is 7.87. The Hall–Kier alpha value is -1.12. The Morgan fingerprint density at radius 2 is 2.12 bits per heavy atom. The highest BCUT2D eigenvalue weighted by Gasteiger charge is 2.23. The third-order valence-electron chi connectivity index (χ3n) is 2.11. The number of nitrogens with two attached hydrogens (primary N) is 1. The molecule has 17 heavy (non-hydrogen) atoms. The van der Waals surface area contributed by atoms with E-state index in [1.807, 2.05) is 0 Å². The average Bonchev–Trinajstić information content (AvgIpc) is 2.28. The summed E-state index contributed by atoms with van der Waals surface area (Å²) in [5.74, 6) is 0. The van der Waals surface area contributed by atoms with Crippen LogP contribution in [0.4, 0.5) is 8.78 Å². The molecule has 0 spiro atoms. The lowest BCUT2D eigenvalue weighted by Crippen LogP contribution is -2.31. The number of alkyl halides is 2. The number of hydrogen-bond acceptors (Lipinski definition) is 4. The molecule has 96 valence electrons. The van der Waals surface area contributed by atoms with Crippen molar-refractivity contribution in [2.75, 3.05) is 13.6 Å². The predicted octanol–water partition coefficient (Wildman–Crippen LogP) is 0.426. The van der Waals surface area contributed by atoms with Crippen LogP contribution in [-0.4, -0.2) is 37.7 Å². The zero-order valence-electron chi connectivity index (χ0n) is 9.18. The van der Waals surface area contributed by atoms with E-state index < -0.39 is 23.0 Å². The maximum atomic E-state index is 12.1. The molecule has 0 aliphatic carbocycles. The van der Waals surface area contributed by atoms with Gasteiger partial charge in [-0.1, -0.05) is 0 Å². The van der Waals surface area contributed by atoms with E-state index in [0.717, 1.165) is 13.2 Å². The van der Waals surface area contributed by atoms with Crippen molar-refractivity contribution in [2.24, 2.45) is 5.73 Å². The number of halogens is 2. The summed E-state index contributed by atoms with van der Waals surface area (Å²) in [6, 6.07) is 2.75. The van der Waals surface area contributed by atoms with Crippen molar-refractivity contribution < 1.29 is 17.2 Å². The van der Waals surface area contributed by atoms with Crippen molar-refractivity contribution in [1.82, 2.24) is 9.29 Å². The van der Waals surface area contributed by atoms with Gasteiger partial charge in [-0.2, -0.15) is 4.31 Å². The van der Waals surface area contributed by atoms with Gasteiger partial charge in [0.1, 0.15) is 4.90 Å². The smallest absolute Gasteiger partial charge is 0.252 e. The van der Waals surface area contributed by atoms with E-state index in [1.165, 1.54) is 12.1 Å². The first-order valence-corrected chi connectivity index (χ1v) is 6.21. The number of aromatic nitrogens is 1. The van der Waals surface area contributed by atoms with Crippen LogP contribution in [0.3, 0.4) is 0 Å². The first kappa shape index (κ1) is 13.9. The fraction of sp³-hybridized carbons (Fsp3) is 0.444. The summed E-state index contributed by atoms with van der Waals surface area (Å²) in [5, 5.41) is 0.